The van der Waals surface area contributed by atoms with Crippen LogP contribution in [0.3, 0.4) is 0 Å². The molecule has 5 rings (SSSR count). The highest BCUT2D eigenvalue weighted by atomic mass is 19.1. The van der Waals surface area contributed by atoms with Crippen molar-refractivity contribution >= 4 is 11.5 Å². The van der Waals surface area contributed by atoms with Gasteiger partial charge < -0.3 is 15.2 Å². The number of anilines is 2. The Labute approximate surface area is 201 Å². The molecule has 1 unspecified atom stereocenters. The summed E-state index contributed by atoms with van der Waals surface area (Å²) in [5.74, 6) is 2.43. The molecule has 3 aromatic carbocycles. The molecule has 0 bridgehead atoms. The summed E-state index contributed by atoms with van der Waals surface area (Å²) in [5.41, 5.74) is 5.45. The predicted octanol–water partition coefficient (Wildman–Crippen LogP) is 7.04. The highest BCUT2D eigenvalue weighted by Crippen LogP contribution is 2.32. The minimum absolute atomic E-state index is 0.238. The van der Waals surface area contributed by atoms with Crippen molar-refractivity contribution in [1.29, 1.82) is 0 Å². The maximum absolute atomic E-state index is 13.3. The van der Waals surface area contributed by atoms with Crippen LogP contribution in [0.4, 0.5) is 15.9 Å². The zero-order valence-corrected chi connectivity index (χ0v) is 20.2. The summed E-state index contributed by atoms with van der Waals surface area (Å²) in [4.78, 5) is 4.78. The molecule has 176 valence electrons. The lowest BCUT2D eigenvalue weighted by molar-refractivity contribution is 0.509. The molecular weight excluding hydrogens is 423 g/mol. The van der Waals surface area contributed by atoms with Gasteiger partial charge in [0.25, 0.3) is 0 Å². The highest BCUT2D eigenvalue weighted by molar-refractivity contribution is 5.76. The topological polar surface area (TPSA) is 41.9 Å². The Bertz CT molecular complexity index is 1180. The van der Waals surface area contributed by atoms with Gasteiger partial charge in [0.15, 0.2) is 0 Å². The molecular formula is C29H33FN4. The molecule has 4 nitrogen and oxygen atoms in total. The van der Waals surface area contributed by atoms with Crippen molar-refractivity contribution in [3.8, 4) is 11.3 Å². The average molecular weight is 457 g/mol. The van der Waals surface area contributed by atoms with E-state index in [-0.39, 0.29) is 5.82 Å². The predicted molar refractivity (Wildman–Crippen MR) is 139 cm³/mol. The van der Waals surface area contributed by atoms with Gasteiger partial charge in [-0.1, -0.05) is 61.9 Å². The molecule has 0 aliphatic carbocycles. The molecule has 4 aromatic rings. The fraction of sp³-hybridized carbons (Fsp3) is 0.276. The van der Waals surface area contributed by atoms with E-state index in [1.165, 1.54) is 29.7 Å². The van der Waals surface area contributed by atoms with Gasteiger partial charge in [-0.3, -0.25) is 0 Å². The Morgan fingerprint density at radius 3 is 2.38 bits per heavy atom. The summed E-state index contributed by atoms with van der Waals surface area (Å²) >= 11 is 0. The molecule has 0 spiro atoms. The minimum atomic E-state index is -0.238. The first kappa shape index (κ1) is 23.7. The van der Waals surface area contributed by atoms with Crippen molar-refractivity contribution in [3.63, 3.8) is 0 Å². The fourth-order valence-corrected chi connectivity index (χ4v) is 3.99. The molecule has 2 heterocycles. The van der Waals surface area contributed by atoms with E-state index in [1.807, 2.05) is 0 Å². The zero-order chi connectivity index (χ0) is 23.9. The van der Waals surface area contributed by atoms with E-state index in [2.05, 4.69) is 90.6 Å². The largest absolute Gasteiger partial charge is 0.340 e. The number of nitrogens with zero attached hydrogens (tertiary/aromatic N) is 2. The highest BCUT2D eigenvalue weighted by Gasteiger charge is 2.20. The summed E-state index contributed by atoms with van der Waals surface area (Å²) in [6.07, 6.45) is 1.23. The molecule has 0 amide bonds. The molecule has 0 saturated heterocycles. The van der Waals surface area contributed by atoms with Gasteiger partial charge in [-0.05, 0) is 61.2 Å². The summed E-state index contributed by atoms with van der Waals surface area (Å²) in [6.45, 7) is 9.06. The van der Waals surface area contributed by atoms with Gasteiger partial charge in [-0.25, -0.2) is 9.37 Å². The first-order valence-electron chi connectivity index (χ1n) is 12.0. The van der Waals surface area contributed by atoms with Crippen LogP contribution in [0.2, 0.25) is 0 Å². The summed E-state index contributed by atoms with van der Waals surface area (Å²) < 4.78 is 15.5. The van der Waals surface area contributed by atoms with Crippen LogP contribution < -0.4 is 10.6 Å². The maximum atomic E-state index is 13.3. The third-order valence-corrected chi connectivity index (χ3v) is 6.25. The van der Waals surface area contributed by atoms with Crippen molar-refractivity contribution in [3.05, 3.63) is 102 Å². The molecule has 1 atom stereocenters. The van der Waals surface area contributed by atoms with E-state index in [0.717, 1.165) is 48.2 Å². The number of hydrogen-bond donors (Lipinski definition) is 2. The lowest BCUT2D eigenvalue weighted by Gasteiger charge is -2.18. The molecule has 2 N–H and O–H groups in total. The Morgan fingerprint density at radius 2 is 1.71 bits per heavy atom. The van der Waals surface area contributed by atoms with Crippen molar-refractivity contribution in [2.75, 3.05) is 11.9 Å². The van der Waals surface area contributed by atoms with Crippen molar-refractivity contribution < 1.29 is 4.39 Å². The number of halogens is 1. The Hall–Kier alpha value is -3.44. The summed E-state index contributed by atoms with van der Waals surface area (Å²) in [7, 11) is 0. The van der Waals surface area contributed by atoms with Gasteiger partial charge in [0.05, 0.1) is 6.54 Å². The van der Waals surface area contributed by atoms with Crippen LogP contribution in [-0.2, 0) is 13.1 Å². The lowest BCUT2D eigenvalue weighted by atomic mass is 9.99. The number of aromatic nitrogens is 2. The van der Waals surface area contributed by atoms with E-state index < -0.39 is 0 Å². The third kappa shape index (κ3) is 5.72. The Balaban J connectivity index is 0.000000231. The van der Waals surface area contributed by atoms with Crippen LogP contribution in [0.15, 0.2) is 78.9 Å². The van der Waals surface area contributed by atoms with Gasteiger partial charge in [0.1, 0.15) is 23.2 Å². The number of nitrogens with one attached hydrogen (secondary N) is 2. The first-order valence-corrected chi connectivity index (χ1v) is 12.0. The van der Waals surface area contributed by atoms with Crippen molar-refractivity contribution in [1.82, 2.24) is 14.9 Å². The van der Waals surface area contributed by atoms with Crippen LogP contribution in [0.25, 0.3) is 11.3 Å². The molecule has 34 heavy (non-hydrogen) atoms. The van der Waals surface area contributed by atoms with Gasteiger partial charge >= 0.3 is 0 Å². The van der Waals surface area contributed by atoms with Gasteiger partial charge in [0, 0.05) is 24.3 Å². The second kappa shape index (κ2) is 11.1. The Morgan fingerprint density at radius 1 is 1.00 bits per heavy atom. The van der Waals surface area contributed by atoms with Crippen LogP contribution >= 0.6 is 0 Å². The molecule has 1 aliphatic rings. The van der Waals surface area contributed by atoms with Gasteiger partial charge in [-0.2, -0.15) is 0 Å². The molecule has 0 fully saturated rings. The standard InChI is InChI=1S/C19H19FN4.C10H14/c1-13-2-8-16(9-3-13)22-19-18(14-4-6-15(20)7-5-14)23-17-12-21-10-11-24(17)19;1-3-9(2)10-7-5-4-6-8-10/h2-9,21-22H,10-12H2,1H3;4-9H,3H2,1-2H3. The summed E-state index contributed by atoms with van der Waals surface area (Å²) in [5, 5.41) is 6.84. The second-order valence-corrected chi connectivity index (χ2v) is 8.77. The third-order valence-electron chi connectivity index (χ3n) is 6.25. The average Bonchev–Trinajstić information content (AvgIpc) is 3.24. The normalized spacial score (nSPS) is 13.4. The summed E-state index contributed by atoms with van der Waals surface area (Å²) in [6, 6.07) is 25.4. The fourth-order valence-electron chi connectivity index (χ4n) is 3.99. The van der Waals surface area contributed by atoms with Crippen LogP contribution in [0.5, 0.6) is 0 Å². The maximum Gasteiger partial charge on any atom is 0.138 e. The second-order valence-electron chi connectivity index (χ2n) is 8.77. The van der Waals surface area contributed by atoms with E-state index >= 15 is 0 Å². The van der Waals surface area contributed by atoms with E-state index in [4.69, 9.17) is 4.98 Å². The van der Waals surface area contributed by atoms with E-state index in [0.29, 0.717) is 5.92 Å². The number of imidazole rings is 1. The lowest BCUT2D eigenvalue weighted by Crippen LogP contribution is -2.28. The molecule has 0 saturated carbocycles. The van der Waals surface area contributed by atoms with Crippen LogP contribution in [0, 0.1) is 12.7 Å². The zero-order valence-electron chi connectivity index (χ0n) is 20.2. The number of aryl methyl sites for hydroxylation is 1. The number of hydrogen-bond acceptors (Lipinski definition) is 3. The number of rotatable bonds is 5. The molecule has 5 heteroatoms. The monoisotopic (exact) mass is 456 g/mol. The quantitative estimate of drug-likeness (QED) is 0.338. The first-order chi connectivity index (χ1) is 16.5. The Kier molecular flexibility index (Phi) is 7.76. The van der Waals surface area contributed by atoms with Gasteiger partial charge in [0.2, 0.25) is 0 Å². The molecule has 0 radical (unpaired) electrons. The molecule has 1 aromatic heterocycles. The number of benzene rings is 3. The molecule has 1 aliphatic heterocycles. The van der Waals surface area contributed by atoms with E-state index in [9.17, 15) is 4.39 Å². The number of fused-ring (bicyclic) bond motifs is 1. The van der Waals surface area contributed by atoms with Crippen molar-refractivity contribution in [2.24, 2.45) is 0 Å². The minimum Gasteiger partial charge on any atom is -0.340 e. The van der Waals surface area contributed by atoms with Crippen LogP contribution in [0.1, 0.15) is 43.1 Å². The van der Waals surface area contributed by atoms with Crippen LogP contribution in [-0.4, -0.2) is 16.1 Å². The van der Waals surface area contributed by atoms with Crippen molar-refractivity contribution in [2.45, 2.75) is 46.2 Å². The van der Waals surface area contributed by atoms with E-state index in [1.54, 1.807) is 12.1 Å². The van der Waals surface area contributed by atoms with Gasteiger partial charge in [-0.15, -0.1) is 0 Å². The SMILES string of the molecule is CCC(C)c1ccccc1.Cc1ccc(Nc2c(-c3ccc(F)cc3)nc3n2CCNC3)cc1. The smallest absolute Gasteiger partial charge is 0.138 e.